The van der Waals surface area contributed by atoms with Crippen molar-refractivity contribution in [3.8, 4) is 0 Å². The molecule has 0 saturated heterocycles. The molecule has 92 valence electrons. The van der Waals surface area contributed by atoms with E-state index in [-0.39, 0.29) is 17.4 Å². The number of nitrogens with zero attached hydrogens (tertiary/aromatic N) is 2. The van der Waals surface area contributed by atoms with E-state index in [1.54, 1.807) is 6.92 Å². The van der Waals surface area contributed by atoms with Crippen molar-refractivity contribution in [2.45, 2.75) is 53.2 Å². The molecule has 0 radical (unpaired) electrons. The minimum Gasteiger partial charge on any atom is -0.392 e. The molecular weight excluding hydrogens is 204 g/mol. The Bertz CT molecular complexity index is 315. The maximum atomic E-state index is 12.2. The maximum absolute atomic E-state index is 12.2. The van der Waals surface area contributed by atoms with Gasteiger partial charge in [0.2, 0.25) is 0 Å². The number of carbonyl (C=O) groups is 1. The Morgan fingerprint density at radius 3 is 2.19 bits per heavy atom. The van der Waals surface area contributed by atoms with Gasteiger partial charge in [-0.25, -0.2) is 5.01 Å². The Hall–Kier alpha value is -0.900. The standard InChI is InChI=1S/C12H22N2O2/c1-7(2)10(15)9-8(3)13-14(11(9)16)12(4,5)6/h7,9-10,15H,1-6H3. The minimum atomic E-state index is -0.649. The third-order valence-corrected chi connectivity index (χ3v) is 2.84. The third-order valence-electron chi connectivity index (χ3n) is 2.84. The molecule has 0 aromatic carbocycles. The van der Waals surface area contributed by atoms with E-state index in [0.717, 1.165) is 0 Å². The Morgan fingerprint density at radius 1 is 1.38 bits per heavy atom. The fraction of sp³-hybridized carbons (Fsp3) is 0.833. The molecule has 0 aromatic rings. The van der Waals surface area contributed by atoms with E-state index in [4.69, 9.17) is 0 Å². The van der Waals surface area contributed by atoms with E-state index in [2.05, 4.69) is 5.10 Å². The largest absolute Gasteiger partial charge is 0.392 e. The topological polar surface area (TPSA) is 52.9 Å². The van der Waals surface area contributed by atoms with Crippen molar-refractivity contribution in [2.75, 3.05) is 0 Å². The maximum Gasteiger partial charge on any atom is 0.254 e. The van der Waals surface area contributed by atoms with Gasteiger partial charge in [-0.2, -0.15) is 5.10 Å². The highest BCUT2D eigenvalue weighted by Gasteiger charge is 2.43. The number of hydrazone groups is 1. The van der Waals surface area contributed by atoms with Crippen molar-refractivity contribution in [1.29, 1.82) is 0 Å². The summed E-state index contributed by atoms with van der Waals surface area (Å²) in [6, 6.07) is 0. The molecule has 2 unspecified atom stereocenters. The summed E-state index contributed by atoms with van der Waals surface area (Å²) in [5, 5.41) is 15.8. The Morgan fingerprint density at radius 2 is 1.88 bits per heavy atom. The van der Waals surface area contributed by atoms with Crippen molar-refractivity contribution in [2.24, 2.45) is 16.9 Å². The number of carbonyl (C=O) groups excluding carboxylic acids is 1. The number of rotatable bonds is 2. The smallest absolute Gasteiger partial charge is 0.254 e. The summed E-state index contributed by atoms with van der Waals surface area (Å²) in [5.41, 5.74) is 0.380. The molecule has 16 heavy (non-hydrogen) atoms. The molecule has 1 N–H and O–H groups in total. The van der Waals surface area contributed by atoms with Gasteiger partial charge in [0.1, 0.15) is 5.92 Å². The van der Waals surface area contributed by atoms with Crippen molar-refractivity contribution < 1.29 is 9.90 Å². The van der Waals surface area contributed by atoms with Crippen molar-refractivity contribution in [1.82, 2.24) is 5.01 Å². The fourth-order valence-electron chi connectivity index (χ4n) is 1.84. The van der Waals surface area contributed by atoms with Gasteiger partial charge < -0.3 is 5.11 Å². The first-order valence-electron chi connectivity index (χ1n) is 5.73. The van der Waals surface area contributed by atoms with Crippen LogP contribution in [0.2, 0.25) is 0 Å². The van der Waals surface area contributed by atoms with E-state index < -0.39 is 12.0 Å². The second-order valence-corrected chi connectivity index (χ2v) is 5.77. The number of amides is 1. The minimum absolute atomic E-state index is 0.0546. The lowest BCUT2D eigenvalue weighted by Crippen LogP contribution is -2.44. The fourth-order valence-corrected chi connectivity index (χ4v) is 1.84. The molecule has 0 aromatic heterocycles. The zero-order valence-electron chi connectivity index (χ0n) is 11.0. The van der Waals surface area contributed by atoms with Gasteiger partial charge in [0, 0.05) is 0 Å². The van der Waals surface area contributed by atoms with Gasteiger partial charge >= 0.3 is 0 Å². The molecular formula is C12H22N2O2. The molecule has 0 saturated carbocycles. The van der Waals surface area contributed by atoms with Crippen molar-refractivity contribution >= 4 is 11.6 Å². The molecule has 1 heterocycles. The molecule has 0 fully saturated rings. The van der Waals surface area contributed by atoms with E-state index in [9.17, 15) is 9.90 Å². The van der Waals surface area contributed by atoms with Gasteiger partial charge in [-0.05, 0) is 33.6 Å². The summed E-state index contributed by atoms with van der Waals surface area (Å²) in [4.78, 5) is 12.2. The highest BCUT2D eigenvalue weighted by atomic mass is 16.3. The molecule has 0 bridgehead atoms. The van der Waals surface area contributed by atoms with Crippen molar-refractivity contribution in [3.05, 3.63) is 0 Å². The molecule has 0 aliphatic carbocycles. The monoisotopic (exact) mass is 226 g/mol. The molecule has 1 amide bonds. The van der Waals surface area contributed by atoms with Gasteiger partial charge in [0.05, 0.1) is 17.4 Å². The zero-order chi connectivity index (χ0) is 12.7. The number of aliphatic hydroxyl groups excluding tert-OH is 1. The average Bonchev–Trinajstić information content (AvgIpc) is 2.40. The van der Waals surface area contributed by atoms with Crippen LogP contribution in [0.15, 0.2) is 5.10 Å². The molecule has 1 aliphatic rings. The van der Waals surface area contributed by atoms with Crippen LogP contribution in [-0.4, -0.2) is 33.4 Å². The Balaban J connectivity index is 2.95. The van der Waals surface area contributed by atoms with Crippen LogP contribution in [0.4, 0.5) is 0 Å². The molecule has 2 atom stereocenters. The normalized spacial score (nSPS) is 24.0. The van der Waals surface area contributed by atoms with Crippen LogP contribution in [0.1, 0.15) is 41.5 Å². The highest BCUT2D eigenvalue weighted by Crippen LogP contribution is 2.28. The summed E-state index contributed by atoms with van der Waals surface area (Å²) in [6.45, 7) is 11.4. The summed E-state index contributed by atoms with van der Waals surface area (Å²) in [6.07, 6.45) is -0.649. The third kappa shape index (κ3) is 2.26. The lowest BCUT2D eigenvalue weighted by molar-refractivity contribution is -0.139. The van der Waals surface area contributed by atoms with E-state index in [0.29, 0.717) is 5.71 Å². The summed E-state index contributed by atoms with van der Waals surface area (Å²) < 4.78 is 0. The van der Waals surface area contributed by atoms with E-state index in [1.165, 1.54) is 5.01 Å². The zero-order valence-corrected chi connectivity index (χ0v) is 11.0. The van der Waals surface area contributed by atoms with Crippen LogP contribution in [-0.2, 0) is 4.79 Å². The second-order valence-electron chi connectivity index (χ2n) is 5.77. The predicted octanol–water partition coefficient (Wildman–Crippen LogP) is 1.64. The Labute approximate surface area is 97.3 Å². The van der Waals surface area contributed by atoms with Gasteiger partial charge in [-0.15, -0.1) is 0 Å². The van der Waals surface area contributed by atoms with Crippen LogP contribution >= 0.6 is 0 Å². The number of hydrogen-bond donors (Lipinski definition) is 1. The summed E-state index contributed by atoms with van der Waals surface area (Å²) in [7, 11) is 0. The van der Waals surface area contributed by atoms with Gasteiger partial charge in [-0.3, -0.25) is 4.79 Å². The van der Waals surface area contributed by atoms with Crippen LogP contribution < -0.4 is 0 Å². The first-order valence-corrected chi connectivity index (χ1v) is 5.73. The van der Waals surface area contributed by atoms with Crippen LogP contribution in [0.3, 0.4) is 0 Å². The number of hydrogen-bond acceptors (Lipinski definition) is 3. The van der Waals surface area contributed by atoms with E-state index in [1.807, 2.05) is 34.6 Å². The van der Waals surface area contributed by atoms with Crippen LogP contribution in [0, 0.1) is 11.8 Å². The van der Waals surface area contributed by atoms with Gasteiger partial charge in [0.25, 0.3) is 5.91 Å². The highest BCUT2D eigenvalue weighted by molar-refractivity contribution is 6.07. The molecule has 0 spiro atoms. The lowest BCUT2D eigenvalue weighted by Gasteiger charge is -2.29. The average molecular weight is 226 g/mol. The predicted molar refractivity (Wildman–Crippen MR) is 64.0 cm³/mol. The molecule has 4 heteroatoms. The molecule has 1 aliphatic heterocycles. The summed E-state index contributed by atoms with van der Waals surface area (Å²) >= 11 is 0. The first kappa shape index (κ1) is 13.2. The van der Waals surface area contributed by atoms with Gasteiger partial charge in [-0.1, -0.05) is 13.8 Å². The lowest BCUT2D eigenvalue weighted by atomic mass is 9.89. The molecule has 4 nitrogen and oxygen atoms in total. The van der Waals surface area contributed by atoms with Gasteiger partial charge in [0.15, 0.2) is 0 Å². The van der Waals surface area contributed by atoms with E-state index >= 15 is 0 Å². The quantitative estimate of drug-likeness (QED) is 0.778. The van der Waals surface area contributed by atoms with Crippen LogP contribution in [0.25, 0.3) is 0 Å². The Kier molecular flexibility index (Phi) is 3.43. The van der Waals surface area contributed by atoms with Crippen LogP contribution in [0.5, 0.6) is 0 Å². The SMILES string of the molecule is CC1=NN(C(C)(C)C)C(=O)C1C(O)C(C)C. The first-order chi connectivity index (χ1) is 7.16. The summed E-state index contributed by atoms with van der Waals surface area (Å²) in [5.74, 6) is -0.510. The number of aliphatic hydroxyl groups is 1. The molecule has 1 rings (SSSR count). The second kappa shape index (κ2) is 4.17. The van der Waals surface area contributed by atoms with Crippen molar-refractivity contribution in [3.63, 3.8) is 0 Å².